The van der Waals surface area contributed by atoms with Crippen molar-refractivity contribution in [2.75, 3.05) is 5.32 Å². The van der Waals surface area contributed by atoms with E-state index in [1.165, 1.54) is 12.1 Å². The Bertz CT molecular complexity index is 569. The largest absolute Gasteiger partial charge is 0.586 e. The van der Waals surface area contributed by atoms with Gasteiger partial charge in [-0.05, 0) is 43.7 Å². The molecule has 0 aromatic heterocycles. The second-order valence-electron chi connectivity index (χ2n) is 5.94. The van der Waals surface area contributed by atoms with Crippen molar-refractivity contribution in [2.24, 2.45) is 11.8 Å². The van der Waals surface area contributed by atoms with Gasteiger partial charge in [0.2, 0.25) is 5.91 Å². The SMILES string of the molecule is CCC1CCC(C(=O)Nc2ccc3c(c2)OC(F)(F)O3)CC1. The number of benzene rings is 1. The van der Waals surface area contributed by atoms with Gasteiger partial charge in [-0.3, -0.25) is 4.79 Å². The summed E-state index contributed by atoms with van der Waals surface area (Å²) >= 11 is 0. The molecular weight excluding hydrogens is 292 g/mol. The fourth-order valence-corrected chi connectivity index (χ4v) is 3.10. The molecule has 0 saturated heterocycles. The number of carbonyl (C=O) groups excluding carboxylic acids is 1. The molecule has 22 heavy (non-hydrogen) atoms. The zero-order valence-corrected chi connectivity index (χ0v) is 12.4. The van der Waals surface area contributed by atoms with Gasteiger partial charge in [-0.2, -0.15) is 0 Å². The molecule has 1 amide bonds. The van der Waals surface area contributed by atoms with Crippen LogP contribution in [-0.4, -0.2) is 12.2 Å². The maximum absolute atomic E-state index is 13.0. The van der Waals surface area contributed by atoms with Gasteiger partial charge < -0.3 is 14.8 Å². The van der Waals surface area contributed by atoms with Gasteiger partial charge in [-0.15, -0.1) is 8.78 Å². The first kappa shape index (κ1) is 15.1. The maximum Gasteiger partial charge on any atom is 0.586 e. The molecule has 1 heterocycles. The van der Waals surface area contributed by atoms with Crippen LogP contribution in [-0.2, 0) is 4.79 Å². The van der Waals surface area contributed by atoms with Crippen LogP contribution in [0.3, 0.4) is 0 Å². The summed E-state index contributed by atoms with van der Waals surface area (Å²) in [5.74, 6) is 0.579. The normalized spacial score (nSPS) is 25.8. The van der Waals surface area contributed by atoms with Crippen LogP contribution in [0.2, 0.25) is 0 Å². The van der Waals surface area contributed by atoms with E-state index in [4.69, 9.17) is 0 Å². The Morgan fingerprint density at radius 1 is 1.23 bits per heavy atom. The van der Waals surface area contributed by atoms with E-state index in [0.717, 1.165) is 38.0 Å². The lowest BCUT2D eigenvalue weighted by atomic mass is 9.80. The van der Waals surface area contributed by atoms with Crippen LogP contribution < -0.4 is 14.8 Å². The van der Waals surface area contributed by atoms with Crippen molar-refractivity contribution >= 4 is 11.6 Å². The van der Waals surface area contributed by atoms with Gasteiger partial charge in [0, 0.05) is 17.7 Å². The number of carbonyl (C=O) groups is 1. The minimum Gasteiger partial charge on any atom is -0.395 e. The topological polar surface area (TPSA) is 47.6 Å². The molecule has 6 heteroatoms. The Kier molecular flexibility index (Phi) is 3.93. The molecule has 1 aromatic carbocycles. The van der Waals surface area contributed by atoms with E-state index < -0.39 is 6.29 Å². The van der Waals surface area contributed by atoms with E-state index in [-0.39, 0.29) is 23.3 Å². The highest BCUT2D eigenvalue weighted by Crippen LogP contribution is 2.42. The van der Waals surface area contributed by atoms with Gasteiger partial charge >= 0.3 is 6.29 Å². The molecule has 1 saturated carbocycles. The number of halogens is 2. The number of amides is 1. The molecule has 1 aliphatic heterocycles. The number of alkyl halides is 2. The molecule has 0 radical (unpaired) electrons. The summed E-state index contributed by atoms with van der Waals surface area (Å²) in [4.78, 5) is 12.3. The van der Waals surface area contributed by atoms with Crippen LogP contribution in [0.25, 0.3) is 0 Å². The standard InChI is InChI=1S/C16H19F2NO3/c1-2-10-3-5-11(6-4-10)15(20)19-12-7-8-13-14(9-12)22-16(17,18)21-13/h7-11H,2-6H2,1H3,(H,19,20). The summed E-state index contributed by atoms with van der Waals surface area (Å²) in [6.07, 6.45) is 1.43. The first-order chi connectivity index (χ1) is 10.5. The first-order valence-corrected chi connectivity index (χ1v) is 7.67. The molecule has 120 valence electrons. The summed E-state index contributed by atoms with van der Waals surface area (Å²) in [5.41, 5.74) is 0.447. The second-order valence-corrected chi connectivity index (χ2v) is 5.94. The Balaban J connectivity index is 1.61. The highest BCUT2D eigenvalue weighted by atomic mass is 19.3. The van der Waals surface area contributed by atoms with E-state index >= 15 is 0 Å². The third kappa shape index (κ3) is 3.15. The second kappa shape index (κ2) is 5.74. The van der Waals surface area contributed by atoms with E-state index in [0.29, 0.717) is 5.69 Å². The number of hydrogen-bond acceptors (Lipinski definition) is 3. The fourth-order valence-electron chi connectivity index (χ4n) is 3.10. The van der Waals surface area contributed by atoms with Crippen molar-refractivity contribution in [1.82, 2.24) is 0 Å². The van der Waals surface area contributed by atoms with Gasteiger partial charge in [0.1, 0.15) is 0 Å². The van der Waals surface area contributed by atoms with E-state index in [2.05, 4.69) is 21.7 Å². The Labute approximate surface area is 127 Å². The van der Waals surface area contributed by atoms with Gasteiger partial charge in [0.15, 0.2) is 11.5 Å². The number of nitrogens with one attached hydrogen (secondary N) is 1. The molecule has 0 unspecified atom stereocenters. The minimum absolute atomic E-state index is 0.00494. The molecule has 0 spiro atoms. The first-order valence-electron chi connectivity index (χ1n) is 7.67. The Morgan fingerprint density at radius 3 is 2.59 bits per heavy atom. The highest BCUT2D eigenvalue weighted by molar-refractivity contribution is 5.93. The molecule has 4 nitrogen and oxygen atoms in total. The van der Waals surface area contributed by atoms with Crippen molar-refractivity contribution < 1.29 is 23.0 Å². The van der Waals surface area contributed by atoms with Crippen LogP contribution in [0.1, 0.15) is 39.0 Å². The monoisotopic (exact) mass is 311 g/mol. The lowest BCUT2D eigenvalue weighted by Gasteiger charge is -2.26. The number of ether oxygens (including phenoxy) is 2. The molecular formula is C16H19F2NO3. The molecule has 2 aliphatic rings. The summed E-state index contributed by atoms with van der Waals surface area (Å²) in [6, 6.07) is 4.28. The van der Waals surface area contributed by atoms with E-state index in [9.17, 15) is 13.6 Å². The van der Waals surface area contributed by atoms with Crippen molar-refractivity contribution in [2.45, 2.75) is 45.3 Å². The minimum atomic E-state index is -3.64. The molecule has 1 aliphatic carbocycles. The Hall–Kier alpha value is -1.85. The zero-order chi connectivity index (χ0) is 15.7. The van der Waals surface area contributed by atoms with Crippen LogP contribution in [0, 0.1) is 11.8 Å². The van der Waals surface area contributed by atoms with Gasteiger partial charge in [0.05, 0.1) is 0 Å². The van der Waals surface area contributed by atoms with Crippen LogP contribution in [0.5, 0.6) is 11.5 Å². The van der Waals surface area contributed by atoms with Crippen LogP contribution >= 0.6 is 0 Å². The fraction of sp³-hybridized carbons (Fsp3) is 0.562. The lowest BCUT2D eigenvalue weighted by Crippen LogP contribution is -2.27. The summed E-state index contributed by atoms with van der Waals surface area (Å²) < 4.78 is 34.6. The molecule has 1 fully saturated rings. The predicted octanol–water partition coefficient (Wildman–Crippen LogP) is 4.16. The van der Waals surface area contributed by atoms with Crippen LogP contribution in [0.15, 0.2) is 18.2 Å². The third-order valence-corrected chi connectivity index (χ3v) is 4.46. The summed E-state index contributed by atoms with van der Waals surface area (Å²) in [6.45, 7) is 2.17. The average Bonchev–Trinajstić information content (AvgIpc) is 2.80. The van der Waals surface area contributed by atoms with Crippen molar-refractivity contribution in [3.05, 3.63) is 18.2 Å². The molecule has 3 rings (SSSR count). The van der Waals surface area contributed by atoms with Gasteiger partial charge in [0.25, 0.3) is 0 Å². The molecule has 1 aromatic rings. The number of anilines is 1. The van der Waals surface area contributed by atoms with Crippen molar-refractivity contribution in [3.63, 3.8) is 0 Å². The van der Waals surface area contributed by atoms with E-state index in [1.807, 2.05) is 0 Å². The number of hydrogen-bond donors (Lipinski definition) is 1. The van der Waals surface area contributed by atoms with Crippen LogP contribution in [0.4, 0.5) is 14.5 Å². The van der Waals surface area contributed by atoms with Crippen molar-refractivity contribution in [3.8, 4) is 11.5 Å². The average molecular weight is 311 g/mol. The molecule has 0 atom stereocenters. The maximum atomic E-state index is 13.0. The quantitative estimate of drug-likeness (QED) is 0.911. The zero-order valence-electron chi connectivity index (χ0n) is 12.4. The summed E-state index contributed by atoms with van der Waals surface area (Å²) in [5, 5.41) is 2.78. The highest BCUT2D eigenvalue weighted by Gasteiger charge is 2.43. The van der Waals surface area contributed by atoms with Crippen molar-refractivity contribution in [1.29, 1.82) is 0 Å². The van der Waals surface area contributed by atoms with Gasteiger partial charge in [-0.25, -0.2) is 0 Å². The summed E-state index contributed by atoms with van der Waals surface area (Å²) in [7, 11) is 0. The number of rotatable bonds is 3. The van der Waals surface area contributed by atoms with E-state index in [1.54, 1.807) is 6.07 Å². The number of fused-ring (bicyclic) bond motifs is 1. The predicted molar refractivity (Wildman–Crippen MR) is 77.0 cm³/mol. The lowest BCUT2D eigenvalue weighted by molar-refractivity contribution is -0.286. The third-order valence-electron chi connectivity index (χ3n) is 4.46. The molecule has 0 bridgehead atoms. The van der Waals surface area contributed by atoms with Gasteiger partial charge in [-0.1, -0.05) is 13.3 Å². The molecule has 1 N–H and O–H groups in total. The Morgan fingerprint density at radius 2 is 1.91 bits per heavy atom. The smallest absolute Gasteiger partial charge is 0.395 e.